The summed E-state index contributed by atoms with van der Waals surface area (Å²) in [5.41, 5.74) is 3.61. The normalized spacial score (nSPS) is 13.5. The van der Waals surface area contributed by atoms with Crippen LogP contribution < -0.4 is 5.32 Å². The van der Waals surface area contributed by atoms with Gasteiger partial charge in [-0.2, -0.15) is 5.10 Å². The molecule has 0 spiro atoms. The molecule has 1 N–H and O–H groups in total. The van der Waals surface area contributed by atoms with Crippen LogP contribution in [0.2, 0.25) is 5.02 Å². The van der Waals surface area contributed by atoms with Gasteiger partial charge in [-0.15, -0.1) is 0 Å². The van der Waals surface area contributed by atoms with Crippen LogP contribution in [0.3, 0.4) is 0 Å². The molecule has 2 aromatic rings. The van der Waals surface area contributed by atoms with Crippen LogP contribution in [0.4, 0.5) is 5.82 Å². The van der Waals surface area contributed by atoms with Gasteiger partial charge in [-0.25, -0.2) is 4.68 Å². The molecule has 0 aliphatic carbocycles. The van der Waals surface area contributed by atoms with E-state index in [4.69, 9.17) is 11.6 Å². The molecule has 0 radical (unpaired) electrons. The molecular weight excluding hydrogens is 234 g/mol. The quantitative estimate of drug-likeness (QED) is 0.884. The van der Waals surface area contributed by atoms with Crippen molar-refractivity contribution in [1.82, 2.24) is 9.78 Å². The number of hydrogen-bond donors (Lipinski definition) is 1. The van der Waals surface area contributed by atoms with Gasteiger partial charge in [-0.1, -0.05) is 18.5 Å². The zero-order valence-electron chi connectivity index (χ0n) is 9.70. The summed E-state index contributed by atoms with van der Waals surface area (Å²) in [6.07, 6.45) is 2.05. The van der Waals surface area contributed by atoms with E-state index in [1.54, 1.807) is 0 Å². The fourth-order valence-corrected chi connectivity index (χ4v) is 2.42. The predicted octanol–water partition coefficient (Wildman–Crippen LogP) is 3.06. The Morgan fingerprint density at radius 3 is 2.82 bits per heavy atom. The Balaban J connectivity index is 2.12. The lowest BCUT2D eigenvalue weighted by Gasteiger charge is -2.06. The van der Waals surface area contributed by atoms with Crippen molar-refractivity contribution < 1.29 is 0 Å². The topological polar surface area (TPSA) is 29.9 Å². The third-order valence-electron chi connectivity index (χ3n) is 3.14. The molecular formula is C13H14ClN3. The number of anilines is 1. The van der Waals surface area contributed by atoms with E-state index in [1.165, 1.54) is 11.3 Å². The van der Waals surface area contributed by atoms with Crippen molar-refractivity contribution in [2.24, 2.45) is 0 Å². The van der Waals surface area contributed by atoms with Crippen molar-refractivity contribution in [2.75, 3.05) is 11.9 Å². The molecule has 4 heteroatoms. The Bertz CT molecular complexity index is 543. The van der Waals surface area contributed by atoms with Gasteiger partial charge in [0.25, 0.3) is 0 Å². The number of benzene rings is 1. The van der Waals surface area contributed by atoms with Crippen molar-refractivity contribution in [3.63, 3.8) is 0 Å². The predicted molar refractivity (Wildman–Crippen MR) is 70.1 cm³/mol. The first-order valence-electron chi connectivity index (χ1n) is 5.90. The van der Waals surface area contributed by atoms with Gasteiger partial charge >= 0.3 is 0 Å². The lowest BCUT2D eigenvalue weighted by molar-refractivity contribution is 0.832. The molecule has 1 aliphatic rings. The minimum atomic E-state index is 0.751. The van der Waals surface area contributed by atoms with Crippen LogP contribution in [0, 0.1) is 0 Å². The third-order valence-corrected chi connectivity index (χ3v) is 3.39. The molecule has 0 amide bonds. The number of nitrogens with zero attached hydrogens (tertiary/aromatic N) is 2. The number of aryl methyl sites for hydroxylation is 1. The summed E-state index contributed by atoms with van der Waals surface area (Å²) < 4.78 is 1.98. The van der Waals surface area contributed by atoms with E-state index in [-0.39, 0.29) is 0 Å². The Labute approximate surface area is 105 Å². The summed E-state index contributed by atoms with van der Waals surface area (Å²) >= 11 is 5.90. The molecule has 1 aromatic heterocycles. The molecule has 1 aromatic carbocycles. The van der Waals surface area contributed by atoms with Gasteiger partial charge in [-0.3, -0.25) is 0 Å². The highest BCUT2D eigenvalue weighted by Crippen LogP contribution is 2.29. The first kappa shape index (κ1) is 10.7. The smallest absolute Gasteiger partial charge is 0.133 e. The molecule has 2 heterocycles. The van der Waals surface area contributed by atoms with Crippen molar-refractivity contribution in [3.8, 4) is 5.69 Å². The van der Waals surface area contributed by atoms with Gasteiger partial charge in [0.1, 0.15) is 5.82 Å². The van der Waals surface area contributed by atoms with E-state index in [2.05, 4.69) is 17.3 Å². The van der Waals surface area contributed by atoms with Crippen molar-refractivity contribution in [1.29, 1.82) is 0 Å². The molecule has 3 nitrogen and oxygen atoms in total. The largest absolute Gasteiger partial charge is 0.369 e. The summed E-state index contributed by atoms with van der Waals surface area (Å²) in [6.45, 7) is 3.15. The maximum Gasteiger partial charge on any atom is 0.133 e. The van der Waals surface area contributed by atoms with Crippen LogP contribution in [-0.4, -0.2) is 16.3 Å². The lowest BCUT2D eigenvalue weighted by Crippen LogP contribution is -2.04. The van der Waals surface area contributed by atoms with E-state index < -0.39 is 0 Å². The Kier molecular flexibility index (Phi) is 2.56. The van der Waals surface area contributed by atoms with Gasteiger partial charge in [0.2, 0.25) is 0 Å². The maximum absolute atomic E-state index is 5.90. The fraction of sp³-hybridized carbons (Fsp3) is 0.308. The van der Waals surface area contributed by atoms with Crippen molar-refractivity contribution >= 4 is 17.4 Å². The molecule has 0 atom stereocenters. The monoisotopic (exact) mass is 247 g/mol. The zero-order chi connectivity index (χ0) is 11.8. The second-order valence-corrected chi connectivity index (χ2v) is 4.63. The van der Waals surface area contributed by atoms with Crippen LogP contribution in [0.5, 0.6) is 0 Å². The van der Waals surface area contributed by atoms with Gasteiger partial charge < -0.3 is 5.32 Å². The fourth-order valence-electron chi connectivity index (χ4n) is 2.30. The van der Waals surface area contributed by atoms with Gasteiger partial charge in [0, 0.05) is 17.1 Å². The Morgan fingerprint density at radius 2 is 2.12 bits per heavy atom. The van der Waals surface area contributed by atoms with Gasteiger partial charge in [0.15, 0.2) is 0 Å². The van der Waals surface area contributed by atoms with E-state index in [0.717, 1.165) is 35.9 Å². The van der Waals surface area contributed by atoms with Crippen LogP contribution in [0.25, 0.3) is 5.69 Å². The second-order valence-electron chi connectivity index (χ2n) is 4.19. The number of aromatic nitrogens is 2. The molecule has 0 bridgehead atoms. The molecule has 0 unspecified atom stereocenters. The standard InChI is InChI=1S/C13H14ClN3/c1-2-12-11-7-8-15-13(11)17(16-12)10-5-3-9(14)4-6-10/h3-6,15H,2,7-8H2,1H3. The SMILES string of the molecule is CCc1nn(-c2ccc(Cl)cc2)c2c1CCN2. The average molecular weight is 248 g/mol. The molecule has 0 saturated carbocycles. The summed E-state index contributed by atoms with van der Waals surface area (Å²) in [7, 11) is 0. The summed E-state index contributed by atoms with van der Waals surface area (Å²) in [4.78, 5) is 0. The molecule has 88 valence electrons. The highest BCUT2D eigenvalue weighted by molar-refractivity contribution is 6.30. The van der Waals surface area contributed by atoms with Crippen LogP contribution in [-0.2, 0) is 12.8 Å². The molecule has 0 fully saturated rings. The first-order valence-corrected chi connectivity index (χ1v) is 6.28. The minimum Gasteiger partial charge on any atom is -0.369 e. The highest BCUT2D eigenvalue weighted by Gasteiger charge is 2.21. The summed E-state index contributed by atoms with van der Waals surface area (Å²) in [6, 6.07) is 7.78. The van der Waals surface area contributed by atoms with Gasteiger partial charge in [-0.05, 0) is 37.1 Å². The summed E-state index contributed by atoms with van der Waals surface area (Å²) in [5.74, 6) is 1.14. The molecule has 1 aliphatic heterocycles. The number of hydrogen-bond acceptors (Lipinski definition) is 2. The Hall–Kier alpha value is -1.48. The average Bonchev–Trinajstić information content (AvgIpc) is 2.91. The van der Waals surface area contributed by atoms with Crippen molar-refractivity contribution in [3.05, 3.63) is 40.5 Å². The van der Waals surface area contributed by atoms with E-state index in [1.807, 2.05) is 28.9 Å². The second kappa shape index (κ2) is 4.08. The molecule has 3 rings (SSSR count). The van der Waals surface area contributed by atoms with Crippen molar-refractivity contribution in [2.45, 2.75) is 19.8 Å². The van der Waals surface area contributed by atoms with Crippen LogP contribution in [0.1, 0.15) is 18.2 Å². The number of halogens is 1. The van der Waals surface area contributed by atoms with E-state index in [9.17, 15) is 0 Å². The van der Waals surface area contributed by atoms with Crippen LogP contribution >= 0.6 is 11.6 Å². The third kappa shape index (κ3) is 1.71. The number of rotatable bonds is 2. The molecule has 0 saturated heterocycles. The summed E-state index contributed by atoms with van der Waals surface area (Å²) in [5, 5.41) is 8.82. The van der Waals surface area contributed by atoms with Crippen LogP contribution in [0.15, 0.2) is 24.3 Å². The Morgan fingerprint density at radius 1 is 1.35 bits per heavy atom. The number of fused-ring (bicyclic) bond motifs is 1. The van der Waals surface area contributed by atoms with Gasteiger partial charge in [0.05, 0.1) is 11.4 Å². The maximum atomic E-state index is 5.90. The van der Waals surface area contributed by atoms with E-state index in [0.29, 0.717) is 0 Å². The zero-order valence-corrected chi connectivity index (χ0v) is 10.5. The van der Waals surface area contributed by atoms with E-state index >= 15 is 0 Å². The molecule has 17 heavy (non-hydrogen) atoms. The lowest BCUT2D eigenvalue weighted by atomic mass is 10.2. The number of nitrogens with one attached hydrogen (secondary N) is 1. The highest BCUT2D eigenvalue weighted by atomic mass is 35.5. The minimum absolute atomic E-state index is 0.751. The first-order chi connectivity index (χ1) is 8.29.